The van der Waals surface area contributed by atoms with Gasteiger partial charge in [-0.05, 0) is 31.1 Å². The predicted molar refractivity (Wildman–Crippen MR) is 55.2 cm³/mol. The van der Waals surface area contributed by atoms with Crippen LogP contribution in [0.15, 0.2) is 46.6 Å². The van der Waals surface area contributed by atoms with Crippen molar-refractivity contribution < 1.29 is 0 Å². The normalized spacial score (nSPS) is 17.4. The minimum absolute atomic E-state index is 0.829. The maximum absolute atomic E-state index is 5.96. The van der Waals surface area contributed by atoms with Gasteiger partial charge in [-0.15, -0.1) is 0 Å². The molecule has 0 saturated heterocycles. The van der Waals surface area contributed by atoms with E-state index in [0.29, 0.717) is 0 Å². The summed E-state index contributed by atoms with van der Waals surface area (Å²) in [6.45, 7) is 7.98. The molecular weight excluding hydrogens is 168 g/mol. The van der Waals surface area contributed by atoms with Gasteiger partial charge in [-0.2, -0.15) is 0 Å². The van der Waals surface area contributed by atoms with Crippen molar-refractivity contribution in [2.24, 2.45) is 0 Å². The molecule has 0 aromatic rings. The summed E-state index contributed by atoms with van der Waals surface area (Å²) in [5, 5.41) is 0.876. The van der Waals surface area contributed by atoms with Crippen molar-refractivity contribution in [3.8, 4) is 0 Å². The quantitative estimate of drug-likeness (QED) is 0.573. The third kappa shape index (κ3) is 2.12. The van der Waals surface area contributed by atoms with Crippen molar-refractivity contribution in [1.82, 2.24) is 0 Å². The second kappa shape index (κ2) is 3.77. The molecule has 1 aliphatic rings. The summed E-state index contributed by atoms with van der Waals surface area (Å²) < 4.78 is 0. The van der Waals surface area contributed by atoms with Crippen molar-refractivity contribution in [2.45, 2.75) is 20.3 Å². The number of rotatable bonds is 1. The van der Waals surface area contributed by atoms with Crippen LogP contribution >= 0.6 is 11.6 Å². The van der Waals surface area contributed by atoms with Gasteiger partial charge in [-0.25, -0.2) is 0 Å². The van der Waals surface area contributed by atoms with E-state index in [2.05, 4.69) is 25.7 Å². The van der Waals surface area contributed by atoms with Crippen LogP contribution in [0.2, 0.25) is 0 Å². The van der Waals surface area contributed by atoms with Gasteiger partial charge in [0.1, 0.15) is 0 Å². The van der Waals surface area contributed by atoms with Gasteiger partial charge in [0.05, 0.1) is 0 Å². The summed E-state index contributed by atoms with van der Waals surface area (Å²) in [5.41, 5.74) is 3.46. The third-order valence-electron chi connectivity index (χ3n) is 1.87. The van der Waals surface area contributed by atoms with E-state index in [-0.39, 0.29) is 0 Å². The molecule has 1 heteroatoms. The first-order valence-corrected chi connectivity index (χ1v) is 4.38. The topological polar surface area (TPSA) is 0 Å². The highest BCUT2D eigenvalue weighted by Gasteiger charge is 2.03. The molecule has 1 rings (SSSR count). The third-order valence-corrected chi connectivity index (χ3v) is 2.13. The smallest absolute Gasteiger partial charge is 0.0224 e. The van der Waals surface area contributed by atoms with E-state index in [0.717, 1.165) is 22.6 Å². The number of hydrogen-bond donors (Lipinski definition) is 0. The van der Waals surface area contributed by atoms with Crippen molar-refractivity contribution >= 4 is 11.6 Å². The van der Waals surface area contributed by atoms with Crippen LogP contribution < -0.4 is 0 Å². The Labute approximate surface area is 78.9 Å². The van der Waals surface area contributed by atoms with E-state index in [1.165, 1.54) is 5.57 Å². The van der Waals surface area contributed by atoms with Gasteiger partial charge in [0.2, 0.25) is 0 Å². The zero-order valence-electron chi connectivity index (χ0n) is 7.52. The zero-order valence-corrected chi connectivity index (χ0v) is 8.28. The molecule has 0 aromatic heterocycles. The molecule has 0 unspecified atom stereocenters. The molecule has 0 nitrogen and oxygen atoms in total. The highest BCUT2D eigenvalue weighted by molar-refractivity contribution is 6.30. The molecule has 0 radical (unpaired) electrons. The Balaban J connectivity index is 3.13. The lowest BCUT2D eigenvalue weighted by molar-refractivity contribution is 1.35. The second-order valence-corrected chi connectivity index (χ2v) is 3.56. The zero-order chi connectivity index (χ0) is 9.14. The summed E-state index contributed by atoms with van der Waals surface area (Å²) in [6.07, 6.45) is 6.99. The Bertz CT molecular complexity index is 290. The van der Waals surface area contributed by atoms with Gasteiger partial charge in [-0.1, -0.05) is 35.9 Å². The van der Waals surface area contributed by atoms with Gasteiger partial charge < -0.3 is 0 Å². The van der Waals surface area contributed by atoms with Crippen LogP contribution in [-0.4, -0.2) is 0 Å². The first-order valence-electron chi connectivity index (χ1n) is 4.00. The fraction of sp³-hybridized carbons (Fsp3) is 0.273. The second-order valence-electron chi connectivity index (χ2n) is 3.07. The summed E-state index contributed by atoms with van der Waals surface area (Å²) in [6, 6.07) is 0. The molecular formula is C11H13Cl. The van der Waals surface area contributed by atoms with Crippen LogP contribution in [0, 0.1) is 0 Å². The fourth-order valence-corrected chi connectivity index (χ4v) is 1.43. The molecule has 0 bridgehead atoms. The van der Waals surface area contributed by atoms with Crippen molar-refractivity contribution in [2.75, 3.05) is 0 Å². The Morgan fingerprint density at radius 1 is 1.58 bits per heavy atom. The number of halogens is 1. The summed E-state index contributed by atoms with van der Waals surface area (Å²) in [5.74, 6) is 0. The van der Waals surface area contributed by atoms with E-state index in [1.807, 2.05) is 13.0 Å². The van der Waals surface area contributed by atoms with E-state index in [4.69, 9.17) is 11.6 Å². The average molecular weight is 181 g/mol. The molecule has 12 heavy (non-hydrogen) atoms. The Morgan fingerprint density at radius 2 is 2.25 bits per heavy atom. The van der Waals surface area contributed by atoms with Crippen LogP contribution in [0.1, 0.15) is 20.3 Å². The monoisotopic (exact) mass is 180 g/mol. The first kappa shape index (κ1) is 9.34. The minimum atomic E-state index is 0.829. The Hall–Kier alpha value is -0.750. The van der Waals surface area contributed by atoms with Crippen molar-refractivity contribution in [3.63, 3.8) is 0 Å². The van der Waals surface area contributed by atoms with Gasteiger partial charge >= 0.3 is 0 Å². The molecule has 0 amide bonds. The molecule has 0 aliphatic heterocycles. The summed E-state index contributed by atoms with van der Waals surface area (Å²) in [4.78, 5) is 0. The molecule has 1 aliphatic carbocycles. The molecule has 0 atom stereocenters. The SMILES string of the molecule is C=C(C)C1=C(C)C=CCC(Cl)=C1. The Kier molecular flexibility index (Phi) is 2.93. The minimum Gasteiger partial charge on any atom is -0.0955 e. The molecule has 0 fully saturated rings. The van der Waals surface area contributed by atoms with E-state index in [9.17, 15) is 0 Å². The largest absolute Gasteiger partial charge is 0.0955 e. The van der Waals surface area contributed by atoms with Crippen LogP contribution in [0.5, 0.6) is 0 Å². The van der Waals surface area contributed by atoms with Gasteiger partial charge in [-0.3, -0.25) is 0 Å². The van der Waals surface area contributed by atoms with Crippen LogP contribution in [-0.2, 0) is 0 Å². The molecule has 64 valence electrons. The lowest BCUT2D eigenvalue weighted by atomic mass is 10.0. The predicted octanol–water partition coefficient (Wildman–Crippen LogP) is 3.96. The van der Waals surface area contributed by atoms with E-state index in [1.54, 1.807) is 0 Å². The van der Waals surface area contributed by atoms with E-state index >= 15 is 0 Å². The lowest BCUT2D eigenvalue weighted by Crippen LogP contribution is -1.83. The molecule has 0 heterocycles. The highest BCUT2D eigenvalue weighted by atomic mass is 35.5. The molecule has 0 N–H and O–H groups in total. The molecule has 0 saturated carbocycles. The van der Waals surface area contributed by atoms with Gasteiger partial charge in [0.25, 0.3) is 0 Å². The molecule has 0 aromatic carbocycles. The number of hydrogen-bond acceptors (Lipinski definition) is 0. The Morgan fingerprint density at radius 3 is 2.83 bits per heavy atom. The van der Waals surface area contributed by atoms with E-state index < -0.39 is 0 Å². The van der Waals surface area contributed by atoms with Crippen molar-refractivity contribution in [1.29, 1.82) is 0 Å². The standard InChI is InChI=1S/C11H13Cl/c1-8(2)11-7-10(12)6-4-5-9(11)3/h4-5,7H,1,6H2,2-3H3. The van der Waals surface area contributed by atoms with Crippen molar-refractivity contribution in [3.05, 3.63) is 46.6 Å². The maximum atomic E-state index is 5.96. The summed E-state index contributed by atoms with van der Waals surface area (Å²) in [7, 11) is 0. The summed E-state index contributed by atoms with van der Waals surface area (Å²) >= 11 is 5.96. The first-order chi connectivity index (χ1) is 5.61. The number of allylic oxidation sites excluding steroid dienone is 7. The van der Waals surface area contributed by atoms with Gasteiger partial charge in [0.15, 0.2) is 0 Å². The maximum Gasteiger partial charge on any atom is 0.0224 e. The lowest BCUT2D eigenvalue weighted by Gasteiger charge is -2.02. The van der Waals surface area contributed by atoms with Crippen LogP contribution in [0.25, 0.3) is 0 Å². The van der Waals surface area contributed by atoms with Crippen LogP contribution in [0.4, 0.5) is 0 Å². The highest BCUT2D eigenvalue weighted by Crippen LogP contribution is 2.23. The average Bonchev–Trinajstić information content (AvgIpc) is 2.13. The fourth-order valence-electron chi connectivity index (χ4n) is 1.23. The van der Waals surface area contributed by atoms with Crippen LogP contribution in [0.3, 0.4) is 0 Å². The van der Waals surface area contributed by atoms with Gasteiger partial charge in [0, 0.05) is 11.5 Å². The molecule has 0 spiro atoms.